The average Bonchev–Trinajstić information content (AvgIpc) is 3.00. The third kappa shape index (κ3) is 5.58. The van der Waals surface area contributed by atoms with Crippen LogP contribution < -0.4 is 11.1 Å². The van der Waals surface area contributed by atoms with Crippen LogP contribution in [0.2, 0.25) is 0 Å². The number of carbonyl (C=O) groups is 4. The van der Waals surface area contributed by atoms with Crippen LogP contribution in [0, 0.1) is 0 Å². The summed E-state index contributed by atoms with van der Waals surface area (Å²) in [7, 11) is 0. The van der Waals surface area contributed by atoms with Gasteiger partial charge >= 0.3 is 11.9 Å². The highest BCUT2D eigenvalue weighted by Gasteiger charge is 2.33. The van der Waals surface area contributed by atoms with E-state index in [0.29, 0.717) is 24.0 Å². The molecule has 0 atom stereocenters. The molecule has 5 rings (SSSR count). The molecular formula is C32H30N2O10. The maximum Gasteiger partial charge on any atom is 0.337 e. The van der Waals surface area contributed by atoms with Gasteiger partial charge in [0.15, 0.2) is 0 Å². The monoisotopic (exact) mass is 602 g/mol. The lowest BCUT2D eigenvalue weighted by Crippen LogP contribution is -2.31. The van der Waals surface area contributed by atoms with Crippen LogP contribution in [0.15, 0.2) is 48.5 Å². The molecule has 0 spiro atoms. The maximum absolute atomic E-state index is 13.9. The quantitative estimate of drug-likeness (QED) is 0.0675. The number of amides is 2. The summed E-state index contributed by atoms with van der Waals surface area (Å²) in [6, 6.07) is 13.9. The second kappa shape index (κ2) is 13.2. The van der Waals surface area contributed by atoms with Gasteiger partial charge in [-0.15, -0.1) is 0 Å². The summed E-state index contributed by atoms with van der Waals surface area (Å²) >= 11 is 0. The summed E-state index contributed by atoms with van der Waals surface area (Å²) in [5, 5.41) is 35.5. The lowest BCUT2D eigenvalue weighted by molar-refractivity contribution is 0.00825. The van der Waals surface area contributed by atoms with Crippen molar-refractivity contribution in [2.75, 3.05) is 52.8 Å². The Bertz CT molecular complexity index is 1900. The second-order valence-electron chi connectivity index (χ2n) is 9.91. The Morgan fingerprint density at radius 1 is 0.636 bits per heavy atom. The van der Waals surface area contributed by atoms with E-state index in [1.807, 2.05) is 24.3 Å². The van der Waals surface area contributed by atoms with Crippen molar-refractivity contribution in [3.8, 4) is 0 Å². The molecule has 0 aliphatic heterocycles. The van der Waals surface area contributed by atoms with Crippen molar-refractivity contribution < 1.29 is 48.7 Å². The number of primary amides is 1. The van der Waals surface area contributed by atoms with Crippen molar-refractivity contribution >= 4 is 66.8 Å². The van der Waals surface area contributed by atoms with Crippen molar-refractivity contribution in [1.82, 2.24) is 5.32 Å². The summed E-state index contributed by atoms with van der Waals surface area (Å²) in [6.07, 6.45) is 0. The first-order valence-corrected chi connectivity index (χ1v) is 13.9. The van der Waals surface area contributed by atoms with E-state index < -0.39 is 34.9 Å². The van der Waals surface area contributed by atoms with Crippen LogP contribution in [0.5, 0.6) is 0 Å². The van der Waals surface area contributed by atoms with Crippen molar-refractivity contribution in [3.63, 3.8) is 0 Å². The average molecular weight is 603 g/mol. The van der Waals surface area contributed by atoms with E-state index in [1.165, 1.54) is 6.07 Å². The molecule has 0 heterocycles. The predicted octanol–water partition coefficient (Wildman–Crippen LogP) is 3.00. The molecule has 0 fully saturated rings. The van der Waals surface area contributed by atoms with Gasteiger partial charge in [0, 0.05) is 17.3 Å². The Kier molecular flexibility index (Phi) is 9.16. The fraction of sp³-hybridized carbons (Fsp3) is 0.250. The number of nitrogens with two attached hydrogens (primary N) is 1. The standard InChI is InChI=1S/C32H30N2O10/c33-29(36)26-27(30(37)34-9-11-42-13-15-44-16-14-43-12-10-35)24-20-6-2-4-17-3-1-5-18(22(17)20)19-7-8-21(31(38)39)25(23(19)24)28(26)32(40)41/h1-8,35H,9-16H2,(H2,33,36)(H,34,37)(H,38,39)(H,40,41). The molecule has 12 nitrogen and oxygen atoms in total. The van der Waals surface area contributed by atoms with Gasteiger partial charge in [-0.1, -0.05) is 42.5 Å². The molecule has 0 unspecified atom stereocenters. The number of aliphatic hydroxyl groups is 1. The SMILES string of the molecule is NC(=O)c1c(C(=O)O)c2c(C(=O)O)ccc3c4cccc5cccc(c(c1C(=O)NCCOCCOCCOCCO)c23)c54. The zero-order valence-electron chi connectivity index (χ0n) is 23.6. The first-order valence-electron chi connectivity index (χ1n) is 13.9. The number of hydrogen-bond donors (Lipinski definition) is 5. The van der Waals surface area contributed by atoms with Crippen LogP contribution >= 0.6 is 0 Å². The first-order chi connectivity index (χ1) is 21.3. The van der Waals surface area contributed by atoms with Gasteiger partial charge < -0.3 is 40.6 Å². The van der Waals surface area contributed by atoms with E-state index >= 15 is 0 Å². The number of fused-ring (bicyclic) bond motifs is 2. The van der Waals surface area contributed by atoms with Crippen molar-refractivity contribution in [2.24, 2.45) is 5.73 Å². The minimum atomic E-state index is -1.60. The molecule has 0 aromatic heterocycles. The van der Waals surface area contributed by atoms with Crippen LogP contribution in [-0.4, -0.2) is 91.9 Å². The van der Waals surface area contributed by atoms with E-state index in [1.54, 1.807) is 18.2 Å². The van der Waals surface area contributed by atoms with E-state index in [2.05, 4.69) is 5.32 Å². The van der Waals surface area contributed by atoms with Crippen LogP contribution in [0.1, 0.15) is 41.4 Å². The van der Waals surface area contributed by atoms with Gasteiger partial charge in [-0.05, 0) is 38.4 Å². The number of carboxylic acids is 2. The maximum atomic E-state index is 13.9. The van der Waals surface area contributed by atoms with Crippen molar-refractivity contribution in [2.45, 2.75) is 0 Å². The molecule has 5 aromatic carbocycles. The number of benzene rings is 5. The van der Waals surface area contributed by atoms with E-state index in [4.69, 9.17) is 25.1 Å². The Morgan fingerprint density at radius 3 is 1.86 bits per heavy atom. The van der Waals surface area contributed by atoms with Gasteiger partial charge in [0.1, 0.15) is 0 Å². The van der Waals surface area contributed by atoms with Crippen LogP contribution in [0.25, 0.3) is 43.1 Å². The van der Waals surface area contributed by atoms with Crippen LogP contribution in [0.3, 0.4) is 0 Å². The molecule has 0 bridgehead atoms. The molecule has 5 aromatic rings. The summed E-state index contributed by atoms with van der Waals surface area (Å²) in [5.74, 6) is -4.94. The van der Waals surface area contributed by atoms with E-state index in [0.717, 1.165) is 16.2 Å². The Morgan fingerprint density at radius 2 is 1.25 bits per heavy atom. The number of aromatic carboxylic acids is 2. The molecule has 228 valence electrons. The topological polar surface area (TPSA) is 195 Å². The molecule has 0 saturated heterocycles. The Hall–Kier alpha value is -4.88. The van der Waals surface area contributed by atoms with Crippen LogP contribution in [-0.2, 0) is 14.2 Å². The minimum absolute atomic E-state index is 0.0132. The highest BCUT2D eigenvalue weighted by molar-refractivity contribution is 6.40. The minimum Gasteiger partial charge on any atom is -0.478 e. The zero-order chi connectivity index (χ0) is 31.4. The van der Waals surface area contributed by atoms with Gasteiger partial charge in [-0.25, -0.2) is 9.59 Å². The number of ether oxygens (including phenoxy) is 3. The number of rotatable bonds is 15. The molecule has 0 aliphatic carbocycles. The van der Waals surface area contributed by atoms with E-state index in [9.17, 15) is 29.4 Å². The number of carboxylic acid groups (broad SMARTS) is 2. The molecule has 0 aliphatic rings. The Labute approximate surface area is 250 Å². The summed E-state index contributed by atoms with van der Waals surface area (Å²) in [6.45, 7) is 1.43. The fourth-order valence-corrected chi connectivity index (χ4v) is 5.69. The lowest BCUT2D eigenvalue weighted by atomic mass is 9.81. The Balaban J connectivity index is 1.60. The fourth-order valence-electron chi connectivity index (χ4n) is 5.69. The highest BCUT2D eigenvalue weighted by Crippen LogP contribution is 2.45. The van der Waals surface area contributed by atoms with Crippen molar-refractivity contribution in [1.29, 1.82) is 0 Å². The normalized spacial score (nSPS) is 11.6. The smallest absolute Gasteiger partial charge is 0.337 e. The molecule has 6 N–H and O–H groups in total. The number of aliphatic hydroxyl groups excluding tert-OH is 1. The molecule has 12 heteroatoms. The summed E-state index contributed by atoms with van der Waals surface area (Å²) < 4.78 is 16.0. The number of hydrogen-bond acceptors (Lipinski definition) is 8. The third-order valence-electron chi connectivity index (χ3n) is 7.35. The molecule has 0 radical (unpaired) electrons. The van der Waals surface area contributed by atoms with Gasteiger partial charge in [0.05, 0.1) is 68.5 Å². The highest BCUT2D eigenvalue weighted by atomic mass is 16.5. The van der Waals surface area contributed by atoms with E-state index in [-0.39, 0.29) is 66.9 Å². The van der Waals surface area contributed by atoms with Crippen molar-refractivity contribution in [3.05, 3.63) is 70.8 Å². The van der Waals surface area contributed by atoms with Gasteiger partial charge in [-0.2, -0.15) is 0 Å². The first kappa shape index (κ1) is 30.6. The largest absolute Gasteiger partial charge is 0.478 e. The molecule has 44 heavy (non-hydrogen) atoms. The van der Waals surface area contributed by atoms with Gasteiger partial charge in [0.2, 0.25) is 5.91 Å². The molecule has 2 amide bonds. The molecule has 0 saturated carbocycles. The van der Waals surface area contributed by atoms with Crippen LogP contribution in [0.4, 0.5) is 0 Å². The summed E-state index contributed by atoms with van der Waals surface area (Å²) in [4.78, 5) is 51.9. The summed E-state index contributed by atoms with van der Waals surface area (Å²) in [5.41, 5.74) is 3.94. The van der Waals surface area contributed by atoms with Gasteiger partial charge in [0.25, 0.3) is 5.91 Å². The number of nitrogens with one attached hydrogen (secondary N) is 1. The number of carbonyl (C=O) groups excluding carboxylic acids is 2. The zero-order valence-corrected chi connectivity index (χ0v) is 23.6. The third-order valence-corrected chi connectivity index (χ3v) is 7.35. The second-order valence-corrected chi connectivity index (χ2v) is 9.91. The van der Waals surface area contributed by atoms with Gasteiger partial charge in [-0.3, -0.25) is 9.59 Å². The lowest BCUT2D eigenvalue weighted by Gasteiger charge is -2.22. The predicted molar refractivity (Wildman–Crippen MR) is 162 cm³/mol. The molecular weight excluding hydrogens is 572 g/mol.